The van der Waals surface area contributed by atoms with Crippen LogP contribution in [-0.2, 0) is 9.53 Å². The zero-order valence-corrected chi connectivity index (χ0v) is 8.63. The van der Waals surface area contributed by atoms with Crippen molar-refractivity contribution in [1.29, 1.82) is 0 Å². The SMILES string of the molecule is COCC(=O)Nc1nc(C)cc(Cl)n1. The fourth-order valence-electron chi connectivity index (χ4n) is 0.878. The second kappa shape index (κ2) is 4.88. The number of aromatic nitrogens is 2. The van der Waals surface area contributed by atoms with E-state index in [4.69, 9.17) is 11.6 Å². The molecular formula is C8H10ClN3O2. The molecule has 0 aromatic carbocycles. The Morgan fingerprint density at radius 3 is 2.93 bits per heavy atom. The van der Waals surface area contributed by atoms with Gasteiger partial charge in [-0.3, -0.25) is 10.1 Å². The van der Waals surface area contributed by atoms with Crippen LogP contribution in [0, 0.1) is 6.92 Å². The van der Waals surface area contributed by atoms with Gasteiger partial charge in [-0.15, -0.1) is 0 Å². The monoisotopic (exact) mass is 215 g/mol. The highest BCUT2D eigenvalue weighted by Gasteiger charge is 2.05. The van der Waals surface area contributed by atoms with E-state index in [9.17, 15) is 4.79 Å². The number of amides is 1. The molecule has 1 rings (SSSR count). The van der Waals surface area contributed by atoms with Crippen LogP contribution < -0.4 is 5.32 Å². The molecule has 0 saturated heterocycles. The van der Waals surface area contributed by atoms with Crippen LogP contribution in [0.1, 0.15) is 5.69 Å². The Balaban J connectivity index is 2.71. The lowest BCUT2D eigenvalue weighted by Crippen LogP contribution is -2.19. The maximum absolute atomic E-state index is 11.1. The molecule has 0 aliphatic carbocycles. The lowest BCUT2D eigenvalue weighted by Gasteiger charge is -2.03. The Bertz CT molecular complexity index is 323. The van der Waals surface area contributed by atoms with Gasteiger partial charge in [0, 0.05) is 12.8 Å². The predicted octanol–water partition coefficient (Wildman–Crippen LogP) is 1.02. The van der Waals surface area contributed by atoms with E-state index in [0.717, 1.165) is 0 Å². The van der Waals surface area contributed by atoms with Crippen molar-refractivity contribution >= 4 is 23.5 Å². The standard InChI is InChI=1S/C8H10ClN3O2/c1-5-3-6(9)11-8(10-5)12-7(13)4-14-2/h3H,4H2,1-2H3,(H,10,11,12,13). The van der Waals surface area contributed by atoms with Crippen molar-refractivity contribution < 1.29 is 9.53 Å². The molecule has 0 aliphatic heterocycles. The molecule has 1 amide bonds. The molecule has 5 nitrogen and oxygen atoms in total. The molecule has 0 radical (unpaired) electrons. The van der Waals surface area contributed by atoms with Gasteiger partial charge in [0.15, 0.2) is 0 Å². The number of carbonyl (C=O) groups is 1. The highest BCUT2D eigenvalue weighted by atomic mass is 35.5. The van der Waals surface area contributed by atoms with Crippen LogP contribution in [-0.4, -0.2) is 29.6 Å². The van der Waals surface area contributed by atoms with E-state index in [1.54, 1.807) is 13.0 Å². The first-order chi connectivity index (χ1) is 6.61. The summed E-state index contributed by atoms with van der Waals surface area (Å²) in [6.45, 7) is 1.73. The summed E-state index contributed by atoms with van der Waals surface area (Å²) >= 11 is 5.68. The molecule has 0 bridgehead atoms. The molecule has 0 fully saturated rings. The summed E-state index contributed by atoms with van der Waals surface area (Å²) in [5.41, 5.74) is 0.692. The van der Waals surface area contributed by atoms with Crippen molar-refractivity contribution in [3.05, 3.63) is 16.9 Å². The van der Waals surface area contributed by atoms with Crippen molar-refractivity contribution in [2.24, 2.45) is 0 Å². The first kappa shape index (κ1) is 10.9. The summed E-state index contributed by atoms with van der Waals surface area (Å²) in [6.07, 6.45) is 0. The Morgan fingerprint density at radius 1 is 1.64 bits per heavy atom. The fourth-order valence-corrected chi connectivity index (χ4v) is 1.12. The summed E-state index contributed by atoms with van der Waals surface area (Å²) in [7, 11) is 1.43. The minimum absolute atomic E-state index is 0.0328. The average molecular weight is 216 g/mol. The first-order valence-electron chi connectivity index (χ1n) is 3.92. The molecule has 0 aliphatic rings. The molecule has 1 N–H and O–H groups in total. The Morgan fingerprint density at radius 2 is 2.36 bits per heavy atom. The van der Waals surface area contributed by atoms with Crippen LogP contribution in [0.2, 0.25) is 5.15 Å². The van der Waals surface area contributed by atoms with Crippen LogP contribution in [0.5, 0.6) is 0 Å². The predicted molar refractivity (Wildman–Crippen MR) is 52.3 cm³/mol. The van der Waals surface area contributed by atoms with Crippen molar-refractivity contribution in [2.75, 3.05) is 19.0 Å². The van der Waals surface area contributed by atoms with Crippen LogP contribution in [0.25, 0.3) is 0 Å². The van der Waals surface area contributed by atoms with E-state index in [0.29, 0.717) is 10.8 Å². The number of anilines is 1. The smallest absolute Gasteiger partial charge is 0.252 e. The number of halogens is 1. The number of hydrogen-bond acceptors (Lipinski definition) is 4. The minimum atomic E-state index is -0.311. The summed E-state index contributed by atoms with van der Waals surface area (Å²) in [5, 5.41) is 2.75. The van der Waals surface area contributed by atoms with Gasteiger partial charge < -0.3 is 4.74 Å². The highest BCUT2D eigenvalue weighted by molar-refractivity contribution is 6.29. The number of nitrogens with zero attached hydrogens (tertiary/aromatic N) is 2. The van der Waals surface area contributed by atoms with Gasteiger partial charge in [-0.05, 0) is 13.0 Å². The van der Waals surface area contributed by atoms with E-state index in [1.807, 2.05) is 0 Å². The van der Waals surface area contributed by atoms with E-state index >= 15 is 0 Å². The Hall–Kier alpha value is -1.20. The van der Waals surface area contributed by atoms with Gasteiger partial charge in [-0.1, -0.05) is 11.6 Å². The number of carbonyl (C=O) groups excluding carboxylic acids is 1. The van der Waals surface area contributed by atoms with Crippen LogP contribution >= 0.6 is 11.6 Å². The Labute approximate surface area is 86.5 Å². The number of ether oxygens (including phenoxy) is 1. The maximum Gasteiger partial charge on any atom is 0.252 e. The molecule has 14 heavy (non-hydrogen) atoms. The molecule has 1 heterocycles. The van der Waals surface area contributed by atoms with Gasteiger partial charge in [-0.2, -0.15) is 0 Å². The quantitative estimate of drug-likeness (QED) is 0.765. The van der Waals surface area contributed by atoms with Gasteiger partial charge in [-0.25, -0.2) is 9.97 Å². The maximum atomic E-state index is 11.1. The molecule has 0 unspecified atom stereocenters. The van der Waals surface area contributed by atoms with Crippen LogP contribution in [0.15, 0.2) is 6.07 Å². The minimum Gasteiger partial charge on any atom is -0.375 e. The molecule has 0 spiro atoms. The third-order valence-electron chi connectivity index (χ3n) is 1.35. The molecule has 0 atom stereocenters. The average Bonchev–Trinajstić information content (AvgIpc) is 2.01. The summed E-state index contributed by atoms with van der Waals surface area (Å²) < 4.78 is 4.64. The molecule has 76 valence electrons. The lowest BCUT2D eigenvalue weighted by molar-refractivity contribution is -0.119. The normalized spacial score (nSPS) is 9.93. The second-order valence-corrected chi connectivity index (χ2v) is 3.02. The number of rotatable bonds is 3. The van der Waals surface area contributed by atoms with Crippen LogP contribution in [0.3, 0.4) is 0 Å². The summed E-state index contributed by atoms with van der Waals surface area (Å²) in [6, 6.07) is 1.60. The van der Waals surface area contributed by atoms with Gasteiger partial charge in [0.05, 0.1) is 0 Å². The topological polar surface area (TPSA) is 64.1 Å². The highest BCUT2D eigenvalue weighted by Crippen LogP contribution is 2.09. The van der Waals surface area contributed by atoms with Gasteiger partial charge in [0.1, 0.15) is 11.8 Å². The molecule has 1 aromatic rings. The number of hydrogen-bond donors (Lipinski definition) is 1. The number of aryl methyl sites for hydroxylation is 1. The lowest BCUT2D eigenvalue weighted by atomic mass is 10.4. The van der Waals surface area contributed by atoms with E-state index in [-0.39, 0.29) is 18.5 Å². The van der Waals surface area contributed by atoms with E-state index < -0.39 is 0 Å². The van der Waals surface area contributed by atoms with E-state index in [2.05, 4.69) is 20.0 Å². The van der Waals surface area contributed by atoms with Gasteiger partial charge >= 0.3 is 0 Å². The Kier molecular flexibility index (Phi) is 3.79. The van der Waals surface area contributed by atoms with E-state index in [1.165, 1.54) is 7.11 Å². The van der Waals surface area contributed by atoms with Gasteiger partial charge in [0.25, 0.3) is 5.91 Å². The molecule has 6 heteroatoms. The molecule has 1 aromatic heterocycles. The van der Waals surface area contributed by atoms with Crippen molar-refractivity contribution in [3.63, 3.8) is 0 Å². The number of nitrogens with one attached hydrogen (secondary N) is 1. The molecular weight excluding hydrogens is 206 g/mol. The van der Waals surface area contributed by atoms with Crippen molar-refractivity contribution in [3.8, 4) is 0 Å². The summed E-state index contributed by atoms with van der Waals surface area (Å²) in [4.78, 5) is 18.9. The van der Waals surface area contributed by atoms with Crippen molar-refractivity contribution in [1.82, 2.24) is 9.97 Å². The van der Waals surface area contributed by atoms with Crippen molar-refractivity contribution in [2.45, 2.75) is 6.92 Å². The first-order valence-corrected chi connectivity index (χ1v) is 4.29. The van der Waals surface area contributed by atoms with Gasteiger partial charge in [0.2, 0.25) is 5.95 Å². The zero-order valence-electron chi connectivity index (χ0n) is 7.87. The molecule has 0 saturated carbocycles. The third kappa shape index (κ3) is 3.27. The van der Waals surface area contributed by atoms with Crippen LogP contribution in [0.4, 0.5) is 5.95 Å². The second-order valence-electron chi connectivity index (χ2n) is 2.64. The summed E-state index contributed by atoms with van der Waals surface area (Å²) in [5.74, 6) is -0.119. The number of methoxy groups -OCH3 is 1. The third-order valence-corrected chi connectivity index (χ3v) is 1.54. The zero-order chi connectivity index (χ0) is 10.6. The fraction of sp³-hybridized carbons (Fsp3) is 0.375. The largest absolute Gasteiger partial charge is 0.375 e.